The number of anilines is 1. The third-order valence-corrected chi connectivity index (χ3v) is 6.46. The lowest BCUT2D eigenvalue weighted by molar-refractivity contribution is 0.0155. The summed E-state index contributed by atoms with van der Waals surface area (Å²) in [6, 6.07) is 14.8. The number of ether oxygens (including phenoxy) is 2. The van der Waals surface area contributed by atoms with Crippen molar-refractivity contribution < 1.29 is 9.47 Å². The molecule has 2 fully saturated rings. The lowest BCUT2D eigenvalue weighted by Crippen LogP contribution is -2.49. The first kappa shape index (κ1) is 22.5. The Bertz CT molecular complexity index is 840. The average Bonchev–Trinajstić information content (AvgIpc) is 2.84. The van der Waals surface area contributed by atoms with Gasteiger partial charge in [0.05, 0.1) is 11.9 Å². The van der Waals surface area contributed by atoms with Crippen molar-refractivity contribution in [3.63, 3.8) is 0 Å². The number of hydrogen-bond acceptors (Lipinski definition) is 6. The van der Waals surface area contributed by atoms with Crippen LogP contribution in [-0.2, 0) is 11.3 Å². The van der Waals surface area contributed by atoms with Gasteiger partial charge in [-0.15, -0.1) is 0 Å². The Morgan fingerprint density at radius 1 is 1.00 bits per heavy atom. The molecule has 0 amide bonds. The van der Waals surface area contributed by atoms with Crippen LogP contribution < -0.4 is 9.64 Å². The highest BCUT2D eigenvalue weighted by atomic mass is 16.5. The van der Waals surface area contributed by atoms with Crippen LogP contribution in [0.4, 0.5) is 5.69 Å². The molecule has 0 aliphatic carbocycles. The summed E-state index contributed by atoms with van der Waals surface area (Å²) in [5, 5.41) is 0. The molecule has 2 aromatic rings. The highest BCUT2D eigenvalue weighted by Crippen LogP contribution is 2.24. The molecule has 1 aromatic heterocycles. The molecule has 0 atom stereocenters. The Labute approximate surface area is 192 Å². The van der Waals surface area contributed by atoms with E-state index in [0.717, 1.165) is 69.2 Å². The summed E-state index contributed by atoms with van der Waals surface area (Å²) in [4.78, 5) is 11.7. The second-order valence-corrected chi connectivity index (χ2v) is 8.94. The van der Waals surface area contributed by atoms with Crippen LogP contribution in [0.3, 0.4) is 0 Å². The Morgan fingerprint density at radius 2 is 1.72 bits per heavy atom. The first-order valence-corrected chi connectivity index (χ1v) is 11.8. The van der Waals surface area contributed by atoms with Crippen molar-refractivity contribution in [1.29, 1.82) is 0 Å². The highest BCUT2D eigenvalue weighted by molar-refractivity contribution is 5.45. The Balaban J connectivity index is 1.19. The zero-order valence-electron chi connectivity index (χ0n) is 19.4. The molecule has 0 unspecified atom stereocenters. The minimum absolute atomic E-state index is 0.239. The predicted molar refractivity (Wildman–Crippen MR) is 129 cm³/mol. The van der Waals surface area contributed by atoms with Crippen LogP contribution >= 0.6 is 0 Å². The number of nitrogens with zero attached hydrogens (tertiary/aromatic N) is 4. The van der Waals surface area contributed by atoms with Crippen LogP contribution in [-0.4, -0.2) is 66.2 Å². The average molecular weight is 437 g/mol. The van der Waals surface area contributed by atoms with Crippen LogP contribution in [0.15, 0.2) is 61.1 Å². The standard InChI is InChI=1S/C26H36N4O2/c1-21(2)28-15-17-29(18-16-28)22(3)32-25-11-13-30(14-12-25)24-9-10-26(27-19-24)31-20-23-7-5-4-6-8-23/h4-10,19,21,25H,3,11-18,20H2,1-2H3. The fourth-order valence-electron chi connectivity index (χ4n) is 4.36. The van der Waals surface area contributed by atoms with E-state index in [9.17, 15) is 0 Å². The summed E-state index contributed by atoms with van der Waals surface area (Å²) in [7, 11) is 0. The van der Waals surface area contributed by atoms with Gasteiger partial charge in [0.15, 0.2) is 5.88 Å². The second kappa shape index (κ2) is 10.7. The Kier molecular flexibility index (Phi) is 7.53. The SMILES string of the molecule is C=C(OC1CCN(c2ccc(OCc3ccccc3)nc2)CC1)N1CCN(C(C)C)CC1. The molecule has 2 aliphatic rings. The van der Waals surface area contributed by atoms with Gasteiger partial charge in [0.1, 0.15) is 12.7 Å². The molecular formula is C26H36N4O2. The predicted octanol–water partition coefficient (Wildman–Crippen LogP) is 4.14. The molecule has 4 rings (SSSR count). The first-order chi connectivity index (χ1) is 15.6. The van der Waals surface area contributed by atoms with E-state index in [4.69, 9.17) is 9.47 Å². The summed E-state index contributed by atoms with van der Waals surface area (Å²) < 4.78 is 12.1. The molecule has 0 saturated carbocycles. The smallest absolute Gasteiger partial charge is 0.213 e. The van der Waals surface area contributed by atoms with E-state index >= 15 is 0 Å². The van der Waals surface area contributed by atoms with Crippen LogP contribution in [0.25, 0.3) is 0 Å². The fraction of sp³-hybridized carbons (Fsp3) is 0.500. The van der Waals surface area contributed by atoms with Crippen molar-refractivity contribution in [2.75, 3.05) is 44.2 Å². The number of aromatic nitrogens is 1. The maximum Gasteiger partial charge on any atom is 0.213 e. The molecule has 6 nitrogen and oxygen atoms in total. The molecular weight excluding hydrogens is 400 g/mol. The molecule has 3 heterocycles. The van der Waals surface area contributed by atoms with Gasteiger partial charge < -0.3 is 19.3 Å². The number of piperidine rings is 1. The number of piperazine rings is 1. The molecule has 6 heteroatoms. The monoisotopic (exact) mass is 436 g/mol. The van der Waals surface area contributed by atoms with Gasteiger partial charge in [-0.1, -0.05) is 30.3 Å². The maximum atomic E-state index is 6.25. The normalized spacial score (nSPS) is 18.1. The van der Waals surface area contributed by atoms with Crippen molar-refractivity contribution in [3.05, 3.63) is 66.7 Å². The van der Waals surface area contributed by atoms with E-state index in [1.165, 1.54) is 0 Å². The highest BCUT2D eigenvalue weighted by Gasteiger charge is 2.25. The first-order valence-electron chi connectivity index (χ1n) is 11.8. The van der Waals surface area contributed by atoms with Gasteiger partial charge in [0.25, 0.3) is 0 Å². The van der Waals surface area contributed by atoms with Gasteiger partial charge in [-0.3, -0.25) is 4.90 Å². The van der Waals surface area contributed by atoms with Crippen molar-refractivity contribution in [3.8, 4) is 5.88 Å². The summed E-state index contributed by atoms with van der Waals surface area (Å²) in [6.07, 6.45) is 4.15. The van der Waals surface area contributed by atoms with E-state index < -0.39 is 0 Å². The molecule has 0 radical (unpaired) electrons. The maximum absolute atomic E-state index is 6.25. The summed E-state index contributed by atoms with van der Waals surface area (Å²) in [5.74, 6) is 1.50. The zero-order valence-corrected chi connectivity index (χ0v) is 19.4. The van der Waals surface area contributed by atoms with Crippen LogP contribution in [0.1, 0.15) is 32.3 Å². The molecule has 2 saturated heterocycles. The van der Waals surface area contributed by atoms with Gasteiger partial charge in [0.2, 0.25) is 5.88 Å². The Morgan fingerprint density at radius 3 is 2.34 bits per heavy atom. The quantitative estimate of drug-likeness (QED) is 0.579. The lowest BCUT2D eigenvalue weighted by atomic mass is 10.1. The van der Waals surface area contributed by atoms with Gasteiger partial charge in [0, 0.05) is 64.2 Å². The largest absolute Gasteiger partial charge is 0.476 e. The fourth-order valence-corrected chi connectivity index (χ4v) is 4.36. The van der Waals surface area contributed by atoms with Crippen molar-refractivity contribution in [1.82, 2.24) is 14.8 Å². The summed E-state index contributed by atoms with van der Waals surface area (Å²) in [6.45, 7) is 15.4. The minimum atomic E-state index is 0.239. The molecule has 172 valence electrons. The summed E-state index contributed by atoms with van der Waals surface area (Å²) >= 11 is 0. The summed E-state index contributed by atoms with van der Waals surface area (Å²) in [5.41, 5.74) is 2.28. The molecule has 0 N–H and O–H groups in total. The van der Waals surface area contributed by atoms with Crippen molar-refractivity contribution >= 4 is 5.69 Å². The molecule has 0 spiro atoms. The van der Waals surface area contributed by atoms with Crippen molar-refractivity contribution in [2.45, 2.75) is 45.4 Å². The van der Waals surface area contributed by atoms with E-state index in [0.29, 0.717) is 18.5 Å². The number of hydrogen-bond donors (Lipinski definition) is 0. The van der Waals surface area contributed by atoms with Crippen LogP contribution in [0.2, 0.25) is 0 Å². The van der Waals surface area contributed by atoms with Gasteiger partial charge in [-0.05, 0) is 32.1 Å². The lowest BCUT2D eigenvalue weighted by Gasteiger charge is -2.40. The van der Waals surface area contributed by atoms with E-state index in [-0.39, 0.29) is 6.10 Å². The van der Waals surface area contributed by atoms with Gasteiger partial charge >= 0.3 is 0 Å². The Hall–Kier alpha value is -2.73. The molecule has 32 heavy (non-hydrogen) atoms. The van der Waals surface area contributed by atoms with Gasteiger partial charge in [-0.2, -0.15) is 0 Å². The molecule has 2 aliphatic heterocycles. The molecule has 0 bridgehead atoms. The number of rotatable bonds is 8. The molecule has 1 aromatic carbocycles. The topological polar surface area (TPSA) is 41.1 Å². The van der Waals surface area contributed by atoms with E-state index in [1.54, 1.807) is 0 Å². The van der Waals surface area contributed by atoms with E-state index in [1.807, 2.05) is 30.5 Å². The number of benzene rings is 1. The third-order valence-electron chi connectivity index (χ3n) is 6.46. The number of pyridine rings is 1. The van der Waals surface area contributed by atoms with Crippen LogP contribution in [0, 0.1) is 0 Å². The minimum Gasteiger partial charge on any atom is -0.476 e. The van der Waals surface area contributed by atoms with Crippen molar-refractivity contribution in [2.24, 2.45) is 0 Å². The van der Waals surface area contributed by atoms with Gasteiger partial charge in [-0.25, -0.2) is 4.98 Å². The van der Waals surface area contributed by atoms with Crippen LogP contribution in [0.5, 0.6) is 5.88 Å². The third kappa shape index (κ3) is 5.94. The van der Waals surface area contributed by atoms with E-state index in [2.05, 4.69) is 58.3 Å². The zero-order chi connectivity index (χ0) is 22.3. The second-order valence-electron chi connectivity index (χ2n) is 8.94.